The molecule has 0 unspecified atom stereocenters. The van der Waals surface area contributed by atoms with E-state index in [9.17, 15) is 19.5 Å². The van der Waals surface area contributed by atoms with Crippen molar-refractivity contribution in [2.45, 2.75) is 78.8 Å². The number of ether oxygens (including phenoxy) is 3. The van der Waals surface area contributed by atoms with Gasteiger partial charge < -0.3 is 45.4 Å². The third kappa shape index (κ3) is 11.4. The first-order valence-corrected chi connectivity index (χ1v) is 16.4. The first-order chi connectivity index (χ1) is 22.8. The summed E-state index contributed by atoms with van der Waals surface area (Å²) in [4.78, 5) is 46.6. The second-order valence-electron chi connectivity index (χ2n) is 12.2. The Bertz CT molecular complexity index is 1310. The number of likely N-dealkylation sites (N-methyl/N-ethyl adjacent to an activating group) is 1. The average molecular weight is 674 g/mol. The molecule has 0 saturated carbocycles. The van der Waals surface area contributed by atoms with Crippen molar-refractivity contribution in [1.82, 2.24) is 15.5 Å². The fourth-order valence-electron chi connectivity index (χ4n) is 5.84. The maximum absolute atomic E-state index is 14.1. The van der Waals surface area contributed by atoms with Crippen molar-refractivity contribution in [3.8, 4) is 0 Å². The van der Waals surface area contributed by atoms with Gasteiger partial charge in [0.15, 0.2) is 6.10 Å². The number of amides is 2. The summed E-state index contributed by atoms with van der Waals surface area (Å²) in [6.07, 6.45) is 4.63. The topological polar surface area (TPSA) is 174 Å². The van der Waals surface area contributed by atoms with E-state index < -0.39 is 42.3 Å². The zero-order valence-electron chi connectivity index (χ0n) is 29.9. The lowest BCUT2D eigenvalue weighted by molar-refractivity contribution is -0.119. The molecule has 0 fully saturated rings. The van der Waals surface area contributed by atoms with E-state index in [1.165, 1.54) is 27.4 Å². The van der Waals surface area contributed by atoms with Gasteiger partial charge in [0, 0.05) is 44.4 Å². The number of primary amides is 1. The predicted molar refractivity (Wildman–Crippen MR) is 185 cm³/mol. The molecule has 6 atom stereocenters. The summed E-state index contributed by atoms with van der Waals surface area (Å²) < 4.78 is 16.8. The van der Waals surface area contributed by atoms with Gasteiger partial charge in [0.05, 0.1) is 23.6 Å². The highest BCUT2D eigenvalue weighted by molar-refractivity contribution is 6.25. The van der Waals surface area contributed by atoms with Crippen molar-refractivity contribution >= 4 is 23.5 Å². The minimum Gasteiger partial charge on any atom is -0.439 e. The number of rotatable bonds is 10. The SMILES string of the molecule is CCN(CC)CCNC1=C2C[C@@H](C)C[C@H](OC)[C@H](O)[C@@H](C)/C=C(\C)[C@H](OC(N)=O)[C@@H](OC)/C=C\C=C(/C)C(=O)NC(=C/C1=N\OC)C2=O. The van der Waals surface area contributed by atoms with Crippen LogP contribution >= 0.6 is 0 Å². The molecule has 1 heterocycles. The molecule has 13 heteroatoms. The molecule has 0 aromatic rings. The Morgan fingerprint density at radius 2 is 1.83 bits per heavy atom. The van der Waals surface area contributed by atoms with Crippen LogP contribution in [0.3, 0.4) is 0 Å². The molecule has 48 heavy (non-hydrogen) atoms. The molecule has 0 aromatic carbocycles. The maximum atomic E-state index is 14.1. The van der Waals surface area contributed by atoms with Crippen LogP contribution in [-0.4, -0.2) is 105 Å². The van der Waals surface area contributed by atoms with Gasteiger partial charge in [0.1, 0.15) is 18.9 Å². The van der Waals surface area contributed by atoms with E-state index in [0.717, 1.165) is 19.6 Å². The summed E-state index contributed by atoms with van der Waals surface area (Å²) in [5, 5.41) is 21.8. The Morgan fingerprint density at radius 3 is 2.42 bits per heavy atom. The third-order valence-corrected chi connectivity index (χ3v) is 8.62. The fraction of sp³-hybridized carbons (Fsp3) is 0.600. The van der Waals surface area contributed by atoms with Gasteiger partial charge in [-0.2, -0.15) is 0 Å². The fourth-order valence-corrected chi connectivity index (χ4v) is 5.84. The molecule has 5 N–H and O–H groups in total. The number of carbonyl (C=O) groups is 3. The Kier molecular flexibility index (Phi) is 16.7. The number of hydrogen-bond acceptors (Lipinski definition) is 11. The monoisotopic (exact) mass is 673 g/mol. The van der Waals surface area contributed by atoms with Gasteiger partial charge in [-0.3, -0.25) is 9.59 Å². The Morgan fingerprint density at radius 1 is 1.15 bits per heavy atom. The highest BCUT2D eigenvalue weighted by Crippen LogP contribution is 2.29. The van der Waals surface area contributed by atoms with Crippen molar-refractivity contribution < 1.29 is 38.5 Å². The normalized spacial score (nSPS) is 30.1. The average Bonchev–Trinajstić information content (AvgIpc) is 3.05. The van der Waals surface area contributed by atoms with Gasteiger partial charge in [-0.05, 0) is 57.3 Å². The van der Waals surface area contributed by atoms with Gasteiger partial charge in [0.2, 0.25) is 5.78 Å². The number of ketones is 1. The number of allylic oxidation sites excluding steroid dienone is 4. The zero-order chi connectivity index (χ0) is 36.0. The summed E-state index contributed by atoms with van der Waals surface area (Å²) in [7, 11) is 4.41. The van der Waals surface area contributed by atoms with Crippen molar-refractivity contribution in [3.05, 3.63) is 58.5 Å². The number of oxime groups is 1. The smallest absolute Gasteiger partial charge is 0.405 e. The number of nitrogens with zero attached hydrogens (tertiary/aromatic N) is 2. The lowest BCUT2D eigenvalue weighted by Crippen LogP contribution is -2.39. The van der Waals surface area contributed by atoms with Crippen LogP contribution in [0.1, 0.15) is 54.4 Å². The van der Waals surface area contributed by atoms with Gasteiger partial charge in [-0.15, -0.1) is 0 Å². The number of nitrogens with two attached hydrogens (primary N) is 1. The van der Waals surface area contributed by atoms with E-state index in [-0.39, 0.29) is 17.4 Å². The van der Waals surface area contributed by atoms with E-state index in [1.807, 2.05) is 13.8 Å². The zero-order valence-corrected chi connectivity index (χ0v) is 29.9. The summed E-state index contributed by atoms with van der Waals surface area (Å²) >= 11 is 0. The van der Waals surface area contributed by atoms with Crippen molar-refractivity contribution in [1.29, 1.82) is 0 Å². The lowest BCUT2D eigenvalue weighted by atomic mass is 9.85. The molecular formula is C35H55N5O8. The summed E-state index contributed by atoms with van der Waals surface area (Å²) in [6.45, 7) is 14.4. The van der Waals surface area contributed by atoms with Crippen LogP contribution in [0, 0.1) is 11.8 Å². The largest absolute Gasteiger partial charge is 0.439 e. The standard InChI is InChI=1S/C35H55N5O8/c1-10-40(11-2)16-15-37-30-25-17-21(3)18-29(46-8)31(41)23(5)19-24(6)33(48-35(36)44)28(45-7)14-12-13-22(4)34(43)38-27(32(25)42)20-26(30)39-47-9/h12-14,19-21,23,28-29,31,33,37,41H,10-11,15-18H2,1-9H3,(H2,36,44)(H,38,43)/b14-12-,22-13+,24-19+,39-26+/t21-,23+,28+,29+,31-,33+/m1/s1. The predicted octanol–water partition coefficient (Wildman–Crippen LogP) is 3.13. The molecule has 0 spiro atoms. The van der Waals surface area contributed by atoms with Crippen LogP contribution in [0.15, 0.2) is 63.6 Å². The molecule has 1 aliphatic heterocycles. The van der Waals surface area contributed by atoms with Crippen LogP contribution < -0.4 is 16.4 Å². The number of aliphatic hydroxyl groups is 1. The summed E-state index contributed by atoms with van der Waals surface area (Å²) in [6, 6.07) is 0. The van der Waals surface area contributed by atoms with Crippen molar-refractivity contribution in [2.75, 3.05) is 47.5 Å². The number of carbonyl (C=O) groups excluding carboxylic acids is 3. The molecular weight excluding hydrogens is 618 g/mol. The Balaban J connectivity index is 2.67. The van der Waals surface area contributed by atoms with Crippen molar-refractivity contribution in [2.24, 2.45) is 22.7 Å². The number of methoxy groups -OCH3 is 2. The van der Waals surface area contributed by atoms with E-state index in [1.54, 1.807) is 38.2 Å². The van der Waals surface area contributed by atoms with Gasteiger partial charge in [-0.1, -0.05) is 57.2 Å². The maximum Gasteiger partial charge on any atom is 0.405 e. The van der Waals surface area contributed by atoms with Crippen LogP contribution in [0.5, 0.6) is 0 Å². The second-order valence-corrected chi connectivity index (χ2v) is 12.2. The molecule has 2 aliphatic rings. The van der Waals surface area contributed by atoms with Crippen molar-refractivity contribution in [3.63, 3.8) is 0 Å². The molecule has 13 nitrogen and oxygen atoms in total. The Labute approximate surface area is 284 Å². The second kappa shape index (κ2) is 19.9. The van der Waals surface area contributed by atoms with Gasteiger partial charge in [-0.25, -0.2) is 4.79 Å². The van der Waals surface area contributed by atoms with Gasteiger partial charge in [0.25, 0.3) is 5.91 Å². The van der Waals surface area contributed by atoms with Gasteiger partial charge >= 0.3 is 6.09 Å². The molecule has 2 amide bonds. The lowest BCUT2D eigenvalue weighted by Gasteiger charge is -2.30. The first kappa shape index (κ1) is 40.4. The van der Waals surface area contributed by atoms with E-state index in [0.29, 0.717) is 47.5 Å². The summed E-state index contributed by atoms with van der Waals surface area (Å²) in [5.74, 6) is -1.40. The van der Waals surface area contributed by atoms with E-state index in [2.05, 4.69) is 34.5 Å². The van der Waals surface area contributed by atoms with E-state index in [4.69, 9.17) is 24.8 Å². The summed E-state index contributed by atoms with van der Waals surface area (Å²) in [5.41, 5.74) is 7.72. The van der Waals surface area contributed by atoms with E-state index >= 15 is 0 Å². The highest BCUT2D eigenvalue weighted by atomic mass is 16.6. The van der Waals surface area contributed by atoms with Crippen LogP contribution in [0.4, 0.5) is 4.79 Å². The number of aliphatic hydroxyl groups excluding tert-OH is 1. The molecule has 0 aromatic heterocycles. The molecule has 2 bridgehead atoms. The molecule has 2 rings (SSSR count). The first-order valence-electron chi connectivity index (χ1n) is 16.4. The molecule has 0 saturated heterocycles. The Hall–Kier alpha value is -3.78. The minimum absolute atomic E-state index is 0.0587. The highest BCUT2D eigenvalue weighted by Gasteiger charge is 2.33. The van der Waals surface area contributed by atoms with Crippen LogP contribution in [0.2, 0.25) is 0 Å². The molecule has 268 valence electrons. The number of Topliss-reactive ketones (excluding diaryl/α,β-unsaturated/α-hetero) is 1. The number of nitrogens with one attached hydrogen (secondary N) is 2. The number of fused-ring (bicyclic) bond motifs is 2. The minimum atomic E-state index is -0.985. The molecule has 0 radical (unpaired) electrons. The van der Waals surface area contributed by atoms with Crippen LogP contribution in [0.25, 0.3) is 0 Å². The van der Waals surface area contributed by atoms with Crippen LogP contribution in [-0.2, 0) is 28.6 Å². The third-order valence-electron chi connectivity index (χ3n) is 8.62. The molecule has 1 aliphatic carbocycles. The number of hydrogen-bond donors (Lipinski definition) is 4. The quantitative estimate of drug-likeness (QED) is 0.153.